The second-order valence-electron chi connectivity index (χ2n) is 6.96. The van der Waals surface area contributed by atoms with Gasteiger partial charge in [0.1, 0.15) is 0 Å². The predicted octanol–water partition coefficient (Wildman–Crippen LogP) is 1.43. The van der Waals surface area contributed by atoms with Gasteiger partial charge in [0.2, 0.25) is 10.0 Å². The zero-order valence-corrected chi connectivity index (χ0v) is 15.3. The highest BCUT2D eigenvalue weighted by Crippen LogP contribution is 2.20. The van der Waals surface area contributed by atoms with E-state index in [0.29, 0.717) is 31.2 Å². The zero-order chi connectivity index (χ0) is 16.3. The summed E-state index contributed by atoms with van der Waals surface area (Å²) in [6, 6.07) is 0.0949. The molecule has 1 fully saturated rings. The van der Waals surface area contributed by atoms with Crippen LogP contribution in [0.15, 0.2) is 0 Å². The van der Waals surface area contributed by atoms with E-state index in [1.54, 1.807) is 4.31 Å². The molecule has 21 heavy (non-hydrogen) atoms. The SMILES string of the molecule is CCCC(C(N)=S)N1CCN(S(=O)(=O)CC(C)(C)C)CC1. The Morgan fingerprint density at radius 3 is 2.14 bits per heavy atom. The molecular formula is C14H29N3O2S2. The number of piperazine rings is 1. The van der Waals surface area contributed by atoms with Crippen molar-refractivity contribution in [1.82, 2.24) is 9.21 Å². The first kappa shape index (κ1) is 18.8. The number of sulfonamides is 1. The number of nitrogens with zero attached hydrogens (tertiary/aromatic N) is 2. The smallest absolute Gasteiger partial charge is 0.214 e. The third kappa shape index (κ3) is 5.81. The van der Waals surface area contributed by atoms with Crippen molar-refractivity contribution in [3.63, 3.8) is 0 Å². The van der Waals surface area contributed by atoms with E-state index in [1.165, 1.54) is 0 Å². The molecule has 1 rings (SSSR count). The monoisotopic (exact) mass is 335 g/mol. The topological polar surface area (TPSA) is 66.6 Å². The van der Waals surface area contributed by atoms with Gasteiger partial charge in [0.15, 0.2) is 0 Å². The molecule has 1 aliphatic heterocycles. The summed E-state index contributed by atoms with van der Waals surface area (Å²) in [5.41, 5.74) is 5.59. The molecule has 0 aromatic rings. The number of hydrogen-bond acceptors (Lipinski definition) is 4. The second kappa shape index (κ2) is 7.35. The molecule has 0 amide bonds. The Kier molecular flexibility index (Phi) is 6.58. The summed E-state index contributed by atoms with van der Waals surface area (Å²) in [5, 5.41) is 0. The molecule has 0 aromatic heterocycles. The van der Waals surface area contributed by atoms with E-state index in [2.05, 4.69) is 11.8 Å². The van der Waals surface area contributed by atoms with Crippen LogP contribution in [-0.4, -0.2) is 60.6 Å². The van der Waals surface area contributed by atoms with Gasteiger partial charge >= 0.3 is 0 Å². The highest BCUT2D eigenvalue weighted by atomic mass is 32.2. The van der Waals surface area contributed by atoms with Crippen LogP contribution in [0.1, 0.15) is 40.5 Å². The minimum absolute atomic E-state index is 0.0949. The average molecular weight is 336 g/mol. The van der Waals surface area contributed by atoms with Crippen molar-refractivity contribution in [3.8, 4) is 0 Å². The molecular weight excluding hydrogens is 306 g/mol. The van der Waals surface area contributed by atoms with Gasteiger partial charge in [0, 0.05) is 26.2 Å². The Balaban J connectivity index is 2.65. The lowest BCUT2D eigenvalue weighted by atomic mass is 10.0. The van der Waals surface area contributed by atoms with Crippen LogP contribution in [0, 0.1) is 5.41 Å². The average Bonchev–Trinajstić information content (AvgIpc) is 2.33. The van der Waals surface area contributed by atoms with Gasteiger partial charge in [-0.2, -0.15) is 4.31 Å². The van der Waals surface area contributed by atoms with E-state index in [9.17, 15) is 8.42 Å². The first-order valence-electron chi connectivity index (χ1n) is 7.58. The molecule has 124 valence electrons. The van der Waals surface area contributed by atoms with Crippen molar-refractivity contribution in [2.45, 2.75) is 46.6 Å². The Labute approximate surface area is 134 Å². The maximum absolute atomic E-state index is 12.4. The number of rotatable bonds is 6. The summed E-state index contributed by atoms with van der Waals surface area (Å²) in [4.78, 5) is 2.73. The van der Waals surface area contributed by atoms with E-state index in [4.69, 9.17) is 18.0 Å². The van der Waals surface area contributed by atoms with Gasteiger partial charge in [-0.05, 0) is 11.8 Å². The Bertz CT molecular complexity index is 449. The van der Waals surface area contributed by atoms with Gasteiger partial charge in [-0.25, -0.2) is 8.42 Å². The van der Waals surface area contributed by atoms with E-state index in [-0.39, 0.29) is 17.2 Å². The molecule has 0 saturated carbocycles. The third-order valence-corrected chi connectivity index (χ3v) is 6.27. The van der Waals surface area contributed by atoms with Crippen molar-refractivity contribution in [1.29, 1.82) is 0 Å². The Morgan fingerprint density at radius 2 is 1.76 bits per heavy atom. The lowest BCUT2D eigenvalue weighted by Crippen LogP contribution is -2.55. The van der Waals surface area contributed by atoms with Gasteiger partial charge in [0.05, 0.1) is 16.8 Å². The van der Waals surface area contributed by atoms with Gasteiger partial charge in [-0.3, -0.25) is 4.90 Å². The standard InChI is InChI=1S/C14H29N3O2S2/c1-5-6-12(13(15)20)16-7-9-17(10-8-16)21(18,19)11-14(2,3)4/h12H,5-11H2,1-4H3,(H2,15,20). The fourth-order valence-electron chi connectivity index (χ4n) is 2.71. The maximum Gasteiger partial charge on any atom is 0.214 e. The quantitative estimate of drug-likeness (QED) is 0.744. The summed E-state index contributed by atoms with van der Waals surface area (Å²) < 4.78 is 26.4. The molecule has 7 heteroatoms. The largest absolute Gasteiger partial charge is 0.392 e. The molecule has 0 aromatic carbocycles. The van der Waals surface area contributed by atoms with Crippen molar-refractivity contribution >= 4 is 27.2 Å². The first-order chi connectivity index (χ1) is 9.57. The molecule has 0 aliphatic carbocycles. The normalized spacial score (nSPS) is 20.4. The molecule has 1 unspecified atom stereocenters. The van der Waals surface area contributed by atoms with Crippen molar-refractivity contribution < 1.29 is 8.42 Å². The number of thiocarbonyl (C=S) groups is 1. The molecule has 2 N–H and O–H groups in total. The molecule has 5 nitrogen and oxygen atoms in total. The number of nitrogens with two attached hydrogens (primary N) is 1. The number of hydrogen-bond donors (Lipinski definition) is 1. The molecule has 0 radical (unpaired) electrons. The summed E-state index contributed by atoms with van der Waals surface area (Å²) in [6.45, 7) is 10.4. The molecule has 0 bridgehead atoms. The molecule has 1 atom stereocenters. The zero-order valence-electron chi connectivity index (χ0n) is 13.6. The van der Waals surface area contributed by atoms with Crippen LogP contribution in [0.2, 0.25) is 0 Å². The fourth-order valence-corrected chi connectivity index (χ4v) is 4.97. The van der Waals surface area contributed by atoms with E-state index in [0.717, 1.165) is 12.8 Å². The molecule has 1 aliphatic rings. The van der Waals surface area contributed by atoms with Gasteiger partial charge < -0.3 is 5.73 Å². The molecule has 0 spiro atoms. The third-order valence-electron chi connectivity index (χ3n) is 3.61. The van der Waals surface area contributed by atoms with Crippen LogP contribution in [0.4, 0.5) is 0 Å². The lowest BCUT2D eigenvalue weighted by molar-refractivity contribution is 0.161. The summed E-state index contributed by atoms with van der Waals surface area (Å²) >= 11 is 5.14. The Hall–Kier alpha value is -0.240. The van der Waals surface area contributed by atoms with Crippen LogP contribution >= 0.6 is 12.2 Å². The van der Waals surface area contributed by atoms with Crippen LogP contribution < -0.4 is 5.73 Å². The highest BCUT2D eigenvalue weighted by Gasteiger charge is 2.32. The predicted molar refractivity (Wildman–Crippen MR) is 91.9 cm³/mol. The Morgan fingerprint density at radius 1 is 1.24 bits per heavy atom. The van der Waals surface area contributed by atoms with Gasteiger partial charge in [0.25, 0.3) is 0 Å². The fraction of sp³-hybridized carbons (Fsp3) is 0.929. The van der Waals surface area contributed by atoms with Crippen LogP contribution in [0.5, 0.6) is 0 Å². The summed E-state index contributed by atoms with van der Waals surface area (Å²) in [7, 11) is -3.18. The maximum atomic E-state index is 12.4. The van der Waals surface area contributed by atoms with Crippen LogP contribution in [0.25, 0.3) is 0 Å². The minimum Gasteiger partial charge on any atom is -0.392 e. The summed E-state index contributed by atoms with van der Waals surface area (Å²) in [5.74, 6) is 0.188. The molecule has 1 saturated heterocycles. The van der Waals surface area contributed by atoms with Crippen molar-refractivity contribution in [2.24, 2.45) is 11.1 Å². The van der Waals surface area contributed by atoms with Crippen molar-refractivity contribution in [2.75, 3.05) is 31.9 Å². The highest BCUT2D eigenvalue weighted by molar-refractivity contribution is 7.89. The van der Waals surface area contributed by atoms with E-state index >= 15 is 0 Å². The minimum atomic E-state index is -3.18. The van der Waals surface area contributed by atoms with E-state index < -0.39 is 10.0 Å². The molecule has 1 heterocycles. The van der Waals surface area contributed by atoms with E-state index in [1.807, 2.05) is 20.8 Å². The van der Waals surface area contributed by atoms with Gasteiger partial charge in [-0.15, -0.1) is 0 Å². The lowest BCUT2D eigenvalue weighted by Gasteiger charge is -2.39. The van der Waals surface area contributed by atoms with Crippen molar-refractivity contribution in [3.05, 3.63) is 0 Å². The first-order valence-corrected chi connectivity index (χ1v) is 9.60. The van der Waals surface area contributed by atoms with Crippen LogP contribution in [-0.2, 0) is 10.0 Å². The second-order valence-corrected chi connectivity index (χ2v) is 9.40. The van der Waals surface area contributed by atoms with Crippen LogP contribution in [0.3, 0.4) is 0 Å². The van der Waals surface area contributed by atoms with Gasteiger partial charge in [-0.1, -0.05) is 46.3 Å². The summed E-state index contributed by atoms with van der Waals surface area (Å²) in [6.07, 6.45) is 1.95.